The summed E-state index contributed by atoms with van der Waals surface area (Å²) in [6.45, 7) is 7.88. The van der Waals surface area contributed by atoms with Crippen molar-refractivity contribution >= 4 is 63.7 Å². The molecule has 242 valence electrons. The SMILES string of the molecule is CN1CCN(C(=O)c2cc(Cl)c(N=C(N)N3CCN(c4ccc(NC(=O)c5cccc(N6CCCC6)c5)cc4)CC3)c(Cl)c2)CC1. The molecular weight excluding hydrogens is 623 g/mol. The number of hydrogen-bond donors (Lipinski definition) is 2. The van der Waals surface area contributed by atoms with E-state index in [9.17, 15) is 9.59 Å². The summed E-state index contributed by atoms with van der Waals surface area (Å²) in [7, 11) is 2.04. The molecule has 2 amide bonds. The van der Waals surface area contributed by atoms with E-state index < -0.39 is 0 Å². The van der Waals surface area contributed by atoms with Gasteiger partial charge in [-0.1, -0.05) is 29.3 Å². The molecule has 0 saturated carbocycles. The van der Waals surface area contributed by atoms with Crippen LogP contribution in [0.15, 0.2) is 65.7 Å². The first kappa shape index (κ1) is 32.0. The Bertz CT molecular complexity index is 1570. The maximum absolute atomic E-state index is 13.0. The minimum atomic E-state index is -0.117. The van der Waals surface area contributed by atoms with Crippen LogP contribution in [0.3, 0.4) is 0 Å². The van der Waals surface area contributed by atoms with Gasteiger partial charge in [-0.15, -0.1) is 0 Å². The van der Waals surface area contributed by atoms with E-state index in [1.807, 2.05) is 59.3 Å². The molecule has 3 saturated heterocycles. The first-order chi connectivity index (χ1) is 22.2. The molecule has 0 aromatic heterocycles. The Kier molecular flexibility index (Phi) is 9.86. The number of hydrogen-bond acceptors (Lipinski definition) is 6. The van der Waals surface area contributed by atoms with E-state index in [0.717, 1.165) is 56.3 Å². The molecule has 0 radical (unpaired) electrons. The zero-order valence-corrected chi connectivity index (χ0v) is 27.6. The van der Waals surface area contributed by atoms with E-state index in [1.165, 1.54) is 12.8 Å². The van der Waals surface area contributed by atoms with Crippen LogP contribution in [0.25, 0.3) is 0 Å². The molecule has 3 aromatic rings. The lowest BCUT2D eigenvalue weighted by molar-refractivity contribution is 0.0664. The predicted octanol–water partition coefficient (Wildman–Crippen LogP) is 5.00. The van der Waals surface area contributed by atoms with Crippen molar-refractivity contribution in [2.45, 2.75) is 12.8 Å². The van der Waals surface area contributed by atoms with Gasteiger partial charge in [-0.3, -0.25) is 9.59 Å². The number of likely N-dealkylation sites (N-methyl/N-ethyl adjacent to an activating group) is 1. The molecule has 0 spiro atoms. The van der Waals surface area contributed by atoms with Gasteiger partial charge in [-0.25, -0.2) is 4.99 Å². The molecule has 12 heteroatoms. The van der Waals surface area contributed by atoms with Crippen molar-refractivity contribution in [3.8, 4) is 0 Å². The van der Waals surface area contributed by atoms with Crippen molar-refractivity contribution < 1.29 is 9.59 Å². The predicted molar refractivity (Wildman–Crippen MR) is 187 cm³/mol. The summed E-state index contributed by atoms with van der Waals surface area (Å²) in [5.74, 6) is 0.122. The van der Waals surface area contributed by atoms with Crippen LogP contribution < -0.4 is 20.9 Å². The Morgan fingerprint density at radius 3 is 1.98 bits per heavy atom. The molecule has 0 atom stereocenters. The van der Waals surface area contributed by atoms with Crippen LogP contribution in [-0.4, -0.2) is 105 Å². The van der Waals surface area contributed by atoms with Crippen molar-refractivity contribution in [1.82, 2.24) is 14.7 Å². The fraction of sp³-hybridized carbons (Fsp3) is 0.382. The summed E-state index contributed by atoms with van der Waals surface area (Å²) in [6.07, 6.45) is 2.39. The number of amides is 2. The Balaban J connectivity index is 1.03. The number of benzene rings is 3. The van der Waals surface area contributed by atoms with Crippen molar-refractivity contribution in [1.29, 1.82) is 0 Å². The maximum atomic E-state index is 13.0. The zero-order chi connectivity index (χ0) is 32.2. The molecule has 0 aliphatic carbocycles. The number of carbonyl (C=O) groups excluding carboxylic acids is 2. The third-order valence-corrected chi connectivity index (χ3v) is 9.53. The van der Waals surface area contributed by atoms with E-state index in [2.05, 4.69) is 31.1 Å². The fourth-order valence-electron chi connectivity index (χ4n) is 6.14. The number of piperazine rings is 2. The third kappa shape index (κ3) is 7.35. The summed E-state index contributed by atoms with van der Waals surface area (Å²) in [6, 6.07) is 19.0. The molecule has 6 rings (SSSR count). The first-order valence-electron chi connectivity index (χ1n) is 15.8. The number of halogens is 2. The van der Waals surface area contributed by atoms with Crippen molar-refractivity contribution in [3.05, 3.63) is 81.8 Å². The van der Waals surface area contributed by atoms with Crippen LogP contribution in [0.1, 0.15) is 33.6 Å². The Hall–Kier alpha value is -3.99. The molecule has 3 aromatic carbocycles. The Labute approximate surface area is 280 Å². The molecular formula is C34H40Cl2N8O2. The summed E-state index contributed by atoms with van der Waals surface area (Å²) in [5, 5.41) is 3.61. The van der Waals surface area contributed by atoms with Crippen LogP contribution >= 0.6 is 23.2 Å². The Morgan fingerprint density at radius 2 is 1.33 bits per heavy atom. The molecule has 46 heavy (non-hydrogen) atoms. The highest BCUT2D eigenvalue weighted by molar-refractivity contribution is 6.39. The average Bonchev–Trinajstić information content (AvgIpc) is 3.62. The van der Waals surface area contributed by atoms with Crippen LogP contribution in [0.4, 0.5) is 22.7 Å². The number of anilines is 3. The van der Waals surface area contributed by atoms with Crippen molar-refractivity contribution in [2.24, 2.45) is 10.7 Å². The average molecular weight is 664 g/mol. The van der Waals surface area contributed by atoms with Crippen LogP contribution in [-0.2, 0) is 0 Å². The lowest BCUT2D eigenvalue weighted by Crippen LogP contribution is -2.51. The van der Waals surface area contributed by atoms with E-state index in [-0.39, 0.29) is 21.9 Å². The van der Waals surface area contributed by atoms with Gasteiger partial charge in [-0.05, 0) is 74.5 Å². The molecule has 0 bridgehead atoms. The van der Waals surface area contributed by atoms with Crippen LogP contribution in [0.5, 0.6) is 0 Å². The monoisotopic (exact) mass is 662 g/mol. The summed E-state index contributed by atoms with van der Waals surface area (Å²) in [4.78, 5) is 41.1. The number of nitrogens with one attached hydrogen (secondary N) is 1. The molecule has 10 nitrogen and oxygen atoms in total. The number of nitrogens with two attached hydrogens (primary N) is 1. The van der Waals surface area contributed by atoms with E-state index in [0.29, 0.717) is 49.0 Å². The topological polar surface area (TPSA) is 101 Å². The summed E-state index contributed by atoms with van der Waals surface area (Å²) in [5.41, 5.74) is 10.8. The molecule has 3 aliphatic heterocycles. The van der Waals surface area contributed by atoms with Gasteiger partial charge in [-0.2, -0.15) is 0 Å². The number of nitrogens with zero attached hydrogens (tertiary/aromatic N) is 6. The smallest absolute Gasteiger partial charge is 0.255 e. The largest absolute Gasteiger partial charge is 0.372 e. The second-order valence-corrected chi connectivity index (χ2v) is 12.9. The van der Waals surface area contributed by atoms with E-state index >= 15 is 0 Å². The van der Waals surface area contributed by atoms with Crippen LogP contribution in [0, 0.1) is 0 Å². The molecule has 3 aliphatic rings. The second-order valence-electron chi connectivity index (χ2n) is 12.1. The minimum absolute atomic E-state index is 0.0883. The summed E-state index contributed by atoms with van der Waals surface area (Å²) >= 11 is 13.1. The molecule has 3 heterocycles. The van der Waals surface area contributed by atoms with Gasteiger partial charge in [0.1, 0.15) is 5.69 Å². The van der Waals surface area contributed by atoms with Gasteiger partial charge in [0.2, 0.25) is 0 Å². The second kappa shape index (κ2) is 14.2. The quantitative estimate of drug-likeness (QED) is 0.283. The van der Waals surface area contributed by atoms with Gasteiger partial charge in [0.25, 0.3) is 11.8 Å². The van der Waals surface area contributed by atoms with Crippen LogP contribution in [0.2, 0.25) is 10.0 Å². The highest BCUT2D eigenvalue weighted by Gasteiger charge is 2.24. The highest BCUT2D eigenvalue weighted by atomic mass is 35.5. The standard InChI is InChI=1S/C34H40Cl2N8O2/c1-40-13-15-43(16-14-40)33(46)25-22-29(35)31(30(36)23-25)39-34(37)44-19-17-42(18-20-44)27-9-7-26(8-10-27)38-32(45)24-5-4-6-28(21-24)41-11-2-3-12-41/h4-10,21-23H,2-3,11-20H2,1H3,(H2,37,39)(H,38,45). The Morgan fingerprint density at radius 1 is 0.717 bits per heavy atom. The molecule has 0 unspecified atom stereocenters. The maximum Gasteiger partial charge on any atom is 0.255 e. The normalized spacial score (nSPS) is 17.8. The fourth-order valence-corrected chi connectivity index (χ4v) is 6.72. The number of aliphatic imine (C=N–C) groups is 1. The van der Waals surface area contributed by atoms with E-state index in [1.54, 1.807) is 12.1 Å². The number of carbonyl (C=O) groups is 2. The lowest BCUT2D eigenvalue weighted by Gasteiger charge is -2.36. The first-order valence-corrected chi connectivity index (χ1v) is 16.6. The van der Waals surface area contributed by atoms with Crippen molar-refractivity contribution in [2.75, 3.05) is 87.6 Å². The summed E-state index contributed by atoms with van der Waals surface area (Å²) < 4.78 is 0. The van der Waals surface area contributed by atoms with Gasteiger partial charge in [0.15, 0.2) is 5.96 Å². The molecule has 3 fully saturated rings. The van der Waals surface area contributed by atoms with Gasteiger partial charge >= 0.3 is 0 Å². The van der Waals surface area contributed by atoms with Crippen molar-refractivity contribution in [3.63, 3.8) is 0 Å². The highest BCUT2D eigenvalue weighted by Crippen LogP contribution is 2.35. The number of rotatable bonds is 6. The van der Waals surface area contributed by atoms with Gasteiger partial charge < -0.3 is 35.6 Å². The number of guanidine groups is 1. The van der Waals surface area contributed by atoms with E-state index in [4.69, 9.17) is 28.9 Å². The van der Waals surface area contributed by atoms with Gasteiger partial charge in [0, 0.05) is 93.6 Å². The minimum Gasteiger partial charge on any atom is -0.372 e. The zero-order valence-electron chi connectivity index (χ0n) is 26.1. The molecule has 3 N–H and O–H groups in total. The third-order valence-electron chi connectivity index (χ3n) is 8.95. The lowest BCUT2D eigenvalue weighted by atomic mass is 10.1. The van der Waals surface area contributed by atoms with Gasteiger partial charge in [0.05, 0.1) is 10.0 Å².